The Morgan fingerprint density at radius 3 is 2.52 bits per heavy atom. The highest BCUT2D eigenvalue weighted by Crippen LogP contribution is 2.38. The first-order chi connectivity index (χ1) is 13.6. The maximum atomic E-state index is 13.3. The van der Waals surface area contributed by atoms with Crippen LogP contribution in [0.15, 0.2) is 36.4 Å². The van der Waals surface area contributed by atoms with Gasteiger partial charge in [-0.2, -0.15) is 5.26 Å². The molecule has 1 aliphatic heterocycles. The van der Waals surface area contributed by atoms with E-state index in [4.69, 9.17) is 40.2 Å². The van der Waals surface area contributed by atoms with Gasteiger partial charge in [0.25, 0.3) is 5.91 Å². The van der Waals surface area contributed by atoms with Crippen molar-refractivity contribution in [1.82, 2.24) is 0 Å². The molecule has 1 saturated heterocycles. The summed E-state index contributed by atoms with van der Waals surface area (Å²) in [4.78, 5) is 16.5. The van der Waals surface area contributed by atoms with Crippen molar-refractivity contribution in [3.63, 3.8) is 0 Å². The predicted molar refractivity (Wildman–Crippen MR) is 120 cm³/mol. The molecule has 9 heteroatoms. The Morgan fingerprint density at radius 1 is 1.28 bits per heavy atom. The van der Waals surface area contributed by atoms with Crippen LogP contribution in [0.3, 0.4) is 0 Å². The molecule has 3 rings (SSSR count). The highest BCUT2D eigenvalue weighted by Gasteiger charge is 2.50. The second-order valence-corrected chi connectivity index (χ2v) is 7.90. The van der Waals surface area contributed by atoms with Crippen LogP contribution in [-0.2, 0) is 4.79 Å². The van der Waals surface area contributed by atoms with E-state index in [9.17, 15) is 4.79 Å². The number of nitrogens with two attached hydrogens (primary N) is 1. The zero-order valence-corrected chi connectivity index (χ0v) is 17.6. The lowest BCUT2D eigenvalue weighted by atomic mass is 10.0. The van der Waals surface area contributed by atoms with Gasteiger partial charge in [0.1, 0.15) is 5.54 Å². The van der Waals surface area contributed by atoms with E-state index in [0.29, 0.717) is 32.8 Å². The molecule has 4 N–H and O–H groups in total. The molecule has 0 aliphatic carbocycles. The van der Waals surface area contributed by atoms with Crippen LogP contribution in [0.2, 0.25) is 5.02 Å². The summed E-state index contributed by atoms with van der Waals surface area (Å²) < 4.78 is 0. The molecule has 1 heterocycles. The molecule has 0 bridgehead atoms. The summed E-state index contributed by atoms with van der Waals surface area (Å²) >= 11 is 11.8. The summed E-state index contributed by atoms with van der Waals surface area (Å²) in [5, 5.41) is 20.0. The Morgan fingerprint density at radius 2 is 1.93 bits per heavy atom. The number of hydrogen-bond donors (Lipinski definition) is 3. The van der Waals surface area contributed by atoms with E-state index in [1.165, 1.54) is 4.90 Å². The van der Waals surface area contributed by atoms with E-state index in [2.05, 4.69) is 11.4 Å². The number of carbonyl (C=O) groups is 1. The molecule has 148 valence electrons. The van der Waals surface area contributed by atoms with Gasteiger partial charge >= 0.3 is 0 Å². The van der Waals surface area contributed by atoms with Crippen LogP contribution >= 0.6 is 23.8 Å². The Bertz CT molecular complexity index is 1090. The normalized spacial score (nSPS) is 15.4. The second kappa shape index (κ2) is 7.35. The van der Waals surface area contributed by atoms with Gasteiger partial charge in [0.15, 0.2) is 11.1 Å². The number of halogens is 1. The lowest BCUT2D eigenvalue weighted by Crippen LogP contribution is -2.44. The second-order valence-electron chi connectivity index (χ2n) is 7.13. The third-order valence-electron chi connectivity index (χ3n) is 4.73. The fourth-order valence-corrected chi connectivity index (χ4v) is 3.95. The van der Waals surface area contributed by atoms with Crippen LogP contribution in [0.25, 0.3) is 0 Å². The van der Waals surface area contributed by atoms with Crippen LogP contribution in [0, 0.1) is 23.7 Å². The summed E-state index contributed by atoms with van der Waals surface area (Å²) in [6, 6.07) is 12.4. The van der Waals surface area contributed by atoms with Crippen LogP contribution < -0.4 is 20.9 Å². The first-order valence-electron chi connectivity index (χ1n) is 8.68. The van der Waals surface area contributed by atoms with Gasteiger partial charge in [-0.25, -0.2) is 0 Å². The molecule has 0 atom stereocenters. The zero-order chi connectivity index (χ0) is 21.5. The number of amides is 1. The third-order valence-corrected chi connectivity index (χ3v) is 5.43. The number of thiocarbonyl (C=S) groups is 1. The van der Waals surface area contributed by atoms with Crippen molar-refractivity contribution in [1.29, 1.82) is 10.7 Å². The summed E-state index contributed by atoms with van der Waals surface area (Å²) in [6.07, 6.45) is 0. The van der Waals surface area contributed by atoms with Crippen LogP contribution in [0.1, 0.15) is 25.0 Å². The molecule has 0 spiro atoms. The molecule has 2 aromatic carbocycles. The first kappa shape index (κ1) is 20.6. The van der Waals surface area contributed by atoms with E-state index in [1.54, 1.807) is 55.1 Å². The monoisotopic (exact) mass is 426 g/mol. The quantitative estimate of drug-likeness (QED) is 0.392. The molecular weight excluding hydrogens is 408 g/mol. The molecule has 29 heavy (non-hydrogen) atoms. The van der Waals surface area contributed by atoms with Crippen LogP contribution in [0.4, 0.5) is 17.1 Å². The van der Waals surface area contributed by atoms with E-state index in [-0.39, 0.29) is 11.9 Å². The van der Waals surface area contributed by atoms with Gasteiger partial charge in [-0.15, -0.1) is 0 Å². The fraction of sp³-hybridized carbons (Fsp3) is 0.200. The van der Waals surface area contributed by atoms with Crippen molar-refractivity contribution in [3.8, 4) is 6.07 Å². The van der Waals surface area contributed by atoms with Crippen molar-refractivity contribution in [2.45, 2.75) is 26.3 Å². The number of rotatable bonds is 3. The van der Waals surface area contributed by atoms with Crippen LogP contribution in [-0.4, -0.2) is 22.5 Å². The molecule has 2 aromatic rings. The van der Waals surface area contributed by atoms with Crippen LogP contribution in [0.5, 0.6) is 0 Å². The standard InChI is InChI=1S/C20H19ClN6OS/c1-11-8-13(5-4-12(11)10-22)26-17(28)20(2,3)27(19(26)29)14-6-7-15(21)16(9-14)25-18(23)24/h4-9H,1-3H3,(H4,23,24,25). The van der Waals surface area contributed by atoms with Crippen molar-refractivity contribution in [3.05, 3.63) is 52.5 Å². The van der Waals surface area contributed by atoms with E-state index >= 15 is 0 Å². The fourth-order valence-electron chi connectivity index (χ4n) is 3.26. The molecule has 1 aliphatic rings. The number of nitrogens with zero attached hydrogens (tertiary/aromatic N) is 3. The molecule has 0 radical (unpaired) electrons. The number of nitrogens with one attached hydrogen (secondary N) is 2. The Kier molecular flexibility index (Phi) is 5.22. The zero-order valence-electron chi connectivity index (χ0n) is 16.1. The van der Waals surface area contributed by atoms with E-state index in [1.807, 2.05) is 6.92 Å². The molecule has 0 saturated carbocycles. The first-order valence-corrected chi connectivity index (χ1v) is 9.46. The number of hydrogen-bond acceptors (Lipinski definition) is 4. The van der Waals surface area contributed by atoms with E-state index in [0.717, 1.165) is 5.56 Å². The lowest BCUT2D eigenvalue weighted by molar-refractivity contribution is -0.120. The smallest absolute Gasteiger partial charge is 0.259 e. The molecule has 7 nitrogen and oxygen atoms in total. The van der Waals surface area contributed by atoms with Crippen molar-refractivity contribution >= 4 is 57.9 Å². The maximum absolute atomic E-state index is 13.3. The minimum atomic E-state index is -0.958. The average Bonchev–Trinajstić information content (AvgIpc) is 2.81. The Balaban J connectivity index is 2.07. The van der Waals surface area contributed by atoms with Gasteiger partial charge < -0.3 is 16.0 Å². The van der Waals surface area contributed by atoms with Crippen molar-refractivity contribution in [2.24, 2.45) is 5.73 Å². The van der Waals surface area contributed by atoms with Gasteiger partial charge in [-0.1, -0.05) is 11.6 Å². The molecule has 1 fully saturated rings. The highest BCUT2D eigenvalue weighted by atomic mass is 35.5. The summed E-state index contributed by atoms with van der Waals surface area (Å²) in [6.45, 7) is 5.38. The number of anilines is 3. The minimum absolute atomic E-state index is 0.192. The maximum Gasteiger partial charge on any atom is 0.259 e. The van der Waals surface area contributed by atoms with Gasteiger partial charge in [-0.3, -0.25) is 15.1 Å². The highest BCUT2D eigenvalue weighted by molar-refractivity contribution is 7.81. The van der Waals surface area contributed by atoms with Gasteiger partial charge in [0.2, 0.25) is 0 Å². The number of aryl methyl sites for hydroxylation is 1. The van der Waals surface area contributed by atoms with Gasteiger partial charge in [0, 0.05) is 5.69 Å². The number of guanidine groups is 1. The minimum Gasteiger partial charge on any atom is -0.370 e. The third kappa shape index (κ3) is 3.50. The summed E-state index contributed by atoms with van der Waals surface area (Å²) in [5.41, 5.74) is 7.44. The molecule has 1 amide bonds. The number of benzene rings is 2. The summed E-state index contributed by atoms with van der Waals surface area (Å²) in [5.74, 6) is -0.444. The van der Waals surface area contributed by atoms with Gasteiger partial charge in [0.05, 0.1) is 28.0 Å². The summed E-state index contributed by atoms with van der Waals surface area (Å²) in [7, 11) is 0. The number of nitriles is 1. The largest absolute Gasteiger partial charge is 0.370 e. The van der Waals surface area contributed by atoms with Crippen molar-refractivity contribution < 1.29 is 4.79 Å². The molecule has 0 unspecified atom stereocenters. The van der Waals surface area contributed by atoms with Gasteiger partial charge in [-0.05, 0) is 75.0 Å². The Hall–Kier alpha value is -3.15. The topological polar surface area (TPSA) is 109 Å². The SMILES string of the molecule is Cc1cc(N2C(=O)C(C)(C)N(c3ccc(Cl)c(NC(=N)N)c3)C2=S)ccc1C#N. The molecular formula is C20H19ClN6OS. The Labute approximate surface area is 179 Å². The average molecular weight is 427 g/mol. The van der Waals surface area contributed by atoms with E-state index < -0.39 is 5.54 Å². The lowest BCUT2D eigenvalue weighted by Gasteiger charge is -2.30. The molecule has 0 aromatic heterocycles. The van der Waals surface area contributed by atoms with Crippen molar-refractivity contribution in [2.75, 3.05) is 15.1 Å². The number of carbonyl (C=O) groups excluding carboxylic acids is 1. The predicted octanol–water partition coefficient (Wildman–Crippen LogP) is 3.74.